The molecule has 34 heavy (non-hydrogen) atoms. The zero-order valence-corrected chi connectivity index (χ0v) is 19.0. The van der Waals surface area contributed by atoms with Gasteiger partial charge in [0.05, 0.1) is 12.1 Å². The normalized spacial score (nSPS) is 14.1. The summed E-state index contributed by atoms with van der Waals surface area (Å²) in [6.45, 7) is 0. The number of rotatable bonds is 4. The monoisotopic (exact) mass is 468 g/mol. The number of hydrogen-bond donors (Lipinski definition) is 1. The Hall–Kier alpha value is -4.09. The number of para-hydroxylation sites is 2. The van der Waals surface area contributed by atoms with Crippen LogP contribution in [0, 0.1) is 0 Å². The third kappa shape index (κ3) is 4.51. The van der Waals surface area contributed by atoms with Crippen LogP contribution in [-0.4, -0.2) is 11.8 Å². The van der Waals surface area contributed by atoms with E-state index in [1.807, 2.05) is 66.9 Å². The smallest absolute Gasteiger partial charge is 0.262 e. The second-order valence-corrected chi connectivity index (χ2v) is 8.36. The van der Waals surface area contributed by atoms with Crippen molar-refractivity contribution in [2.75, 3.05) is 10.2 Å². The molecule has 0 unspecified atom stereocenters. The maximum absolute atomic E-state index is 13.5. The summed E-state index contributed by atoms with van der Waals surface area (Å²) in [5.41, 5.74) is 3.46. The summed E-state index contributed by atoms with van der Waals surface area (Å²) in [7, 11) is 0. The Morgan fingerprint density at radius 1 is 0.971 bits per heavy atom. The minimum Gasteiger partial charge on any atom is -0.455 e. The number of ether oxygens (including phenoxy) is 1. The highest BCUT2D eigenvalue weighted by atomic mass is 35.5. The molecule has 6 heteroatoms. The molecule has 5 rings (SSSR count). The van der Waals surface area contributed by atoms with E-state index in [2.05, 4.69) is 5.32 Å². The summed E-state index contributed by atoms with van der Waals surface area (Å²) in [6, 6.07) is 21.6. The highest BCUT2D eigenvalue weighted by molar-refractivity contribution is 6.31. The van der Waals surface area contributed by atoms with Gasteiger partial charge in [-0.25, -0.2) is 0 Å². The van der Waals surface area contributed by atoms with Crippen molar-refractivity contribution in [1.82, 2.24) is 0 Å². The molecular formula is C28H21ClN2O3. The molecule has 2 amide bonds. The number of hydrogen-bond acceptors (Lipinski definition) is 3. The first-order valence-corrected chi connectivity index (χ1v) is 11.3. The van der Waals surface area contributed by atoms with Gasteiger partial charge in [-0.1, -0.05) is 54.1 Å². The fraction of sp³-hybridized carbons (Fsp3) is 0.0714. The summed E-state index contributed by atoms with van der Waals surface area (Å²) >= 11 is 6.15. The van der Waals surface area contributed by atoms with Crippen molar-refractivity contribution in [3.05, 3.63) is 125 Å². The number of nitrogens with zero attached hydrogens (tertiary/aromatic N) is 1. The van der Waals surface area contributed by atoms with Crippen LogP contribution in [0.5, 0.6) is 5.75 Å². The zero-order valence-electron chi connectivity index (χ0n) is 18.2. The molecule has 0 bridgehead atoms. The lowest BCUT2D eigenvalue weighted by Crippen LogP contribution is -2.25. The number of amides is 2. The van der Waals surface area contributed by atoms with E-state index in [-0.39, 0.29) is 18.2 Å². The SMILES string of the molecule is O=C(Cc1ccccc1Cl)Nc1ccc(C(=O)N2C=C3CC=CC=C3Oc3ccccc32)cc1. The van der Waals surface area contributed by atoms with Crippen LogP contribution >= 0.6 is 11.6 Å². The molecule has 0 aromatic heterocycles. The van der Waals surface area contributed by atoms with Gasteiger partial charge in [0.25, 0.3) is 5.91 Å². The molecule has 0 fully saturated rings. The Morgan fingerprint density at radius 3 is 2.56 bits per heavy atom. The molecule has 3 aromatic rings. The van der Waals surface area contributed by atoms with Crippen molar-refractivity contribution in [2.45, 2.75) is 12.8 Å². The van der Waals surface area contributed by atoms with E-state index in [9.17, 15) is 9.59 Å². The van der Waals surface area contributed by atoms with Crippen LogP contribution in [0.4, 0.5) is 11.4 Å². The van der Waals surface area contributed by atoms with E-state index in [0.29, 0.717) is 34.1 Å². The topological polar surface area (TPSA) is 58.6 Å². The fourth-order valence-corrected chi connectivity index (χ4v) is 4.09. The lowest BCUT2D eigenvalue weighted by molar-refractivity contribution is -0.115. The first-order valence-electron chi connectivity index (χ1n) is 10.9. The van der Waals surface area contributed by atoms with Crippen molar-refractivity contribution in [2.24, 2.45) is 0 Å². The molecular weight excluding hydrogens is 448 g/mol. The van der Waals surface area contributed by atoms with E-state index in [1.165, 1.54) is 0 Å². The average Bonchev–Trinajstić information content (AvgIpc) is 3.02. The van der Waals surface area contributed by atoms with Crippen molar-refractivity contribution in [3.63, 3.8) is 0 Å². The minimum absolute atomic E-state index is 0.169. The largest absolute Gasteiger partial charge is 0.455 e. The number of carbonyl (C=O) groups is 2. The van der Waals surface area contributed by atoms with Crippen LogP contribution in [-0.2, 0) is 11.2 Å². The fourth-order valence-electron chi connectivity index (χ4n) is 3.88. The summed E-state index contributed by atoms with van der Waals surface area (Å²) < 4.78 is 6.09. The van der Waals surface area contributed by atoms with E-state index >= 15 is 0 Å². The number of allylic oxidation sites excluding steroid dienone is 4. The van der Waals surface area contributed by atoms with E-state index in [1.54, 1.807) is 35.2 Å². The summed E-state index contributed by atoms with van der Waals surface area (Å²) in [4.78, 5) is 27.5. The van der Waals surface area contributed by atoms with Crippen LogP contribution in [0.3, 0.4) is 0 Å². The van der Waals surface area contributed by atoms with Crippen molar-refractivity contribution >= 4 is 34.8 Å². The second kappa shape index (κ2) is 9.41. The van der Waals surface area contributed by atoms with Crippen LogP contribution in [0.1, 0.15) is 22.3 Å². The predicted octanol–water partition coefficient (Wildman–Crippen LogP) is 6.29. The summed E-state index contributed by atoms with van der Waals surface area (Å²) in [5, 5.41) is 3.41. The third-order valence-electron chi connectivity index (χ3n) is 5.61. The molecule has 0 spiro atoms. The third-order valence-corrected chi connectivity index (χ3v) is 5.98. The van der Waals surface area contributed by atoms with Crippen LogP contribution in [0.2, 0.25) is 5.02 Å². The standard InChI is InChI=1S/C28H21ClN2O3/c29-23-9-3-1-7-20(23)17-27(32)30-22-15-13-19(14-16-22)28(33)31-18-21-8-2-5-11-25(21)34-26-12-6-4-10-24(26)31/h1-7,9-16,18H,8,17H2,(H,30,32). The first kappa shape index (κ1) is 21.7. The quantitative estimate of drug-likeness (QED) is 0.489. The average molecular weight is 469 g/mol. The Bertz CT molecular complexity index is 1360. The number of benzene rings is 3. The van der Waals surface area contributed by atoms with Gasteiger partial charge in [0.1, 0.15) is 5.76 Å². The summed E-state index contributed by atoms with van der Waals surface area (Å²) in [5.74, 6) is 0.988. The molecule has 0 saturated heterocycles. The maximum Gasteiger partial charge on any atom is 0.262 e. The number of nitrogens with one attached hydrogen (secondary N) is 1. The molecule has 1 N–H and O–H groups in total. The molecule has 0 atom stereocenters. The molecule has 3 aromatic carbocycles. The molecule has 1 heterocycles. The first-order chi connectivity index (χ1) is 16.6. The molecule has 0 radical (unpaired) electrons. The van der Waals surface area contributed by atoms with Crippen molar-refractivity contribution < 1.29 is 14.3 Å². The van der Waals surface area contributed by atoms with Gasteiger partial charge in [-0.15, -0.1) is 0 Å². The predicted molar refractivity (Wildman–Crippen MR) is 134 cm³/mol. The van der Waals surface area contributed by atoms with Gasteiger partial charge in [-0.3, -0.25) is 14.5 Å². The lowest BCUT2D eigenvalue weighted by atomic mass is 10.1. The maximum atomic E-state index is 13.5. The molecule has 0 saturated carbocycles. The molecule has 1 aliphatic carbocycles. The van der Waals surface area contributed by atoms with Crippen molar-refractivity contribution in [1.29, 1.82) is 0 Å². The van der Waals surface area contributed by atoms with Gasteiger partial charge in [-0.05, 0) is 60.5 Å². The van der Waals surface area contributed by atoms with Gasteiger partial charge in [0, 0.05) is 28.0 Å². The Balaban J connectivity index is 1.36. The Morgan fingerprint density at radius 2 is 1.74 bits per heavy atom. The van der Waals surface area contributed by atoms with Gasteiger partial charge in [0.15, 0.2) is 5.75 Å². The van der Waals surface area contributed by atoms with Gasteiger partial charge in [-0.2, -0.15) is 0 Å². The number of fused-ring (bicyclic) bond motifs is 2. The number of anilines is 2. The van der Waals surface area contributed by atoms with Gasteiger partial charge in [0.2, 0.25) is 5.91 Å². The molecule has 168 valence electrons. The molecule has 1 aliphatic heterocycles. The van der Waals surface area contributed by atoms with Crippen LogP contribution in [0.25, 0.3) is 0 Å². The molecule has 2 aliphatic rings. The number of carbonyl (C=O) groups excluding carboxylic acids is 2. The lowest BCUT2D eigenvalue weighted by Gasteiger charge is -2.19. The zero-order chi connectivity index (χ0) is 23.5. The highest BCUT2D eigenvalue weighted by Crippen LogP contribution is 2.37. The summed E-state index contributed by atoms with van der Waals surface area (Å²) in [6.07, 6.45) is 8.56. The minimum atomic E-state index is -0.187. The van der Waals surface area contributed by atoms with Gasteiger partial charge < -0.3 is 10.1 Å². The Kier molecular flexibility index (Phi) is 6.02. The van der Waals surface area contributed by atoms with Crippen LogP contribution < -0.4 is 15.0 Å². The second-order valence-electron chi connectivity index (χ2n) is 7.96. The van der Waals surface area contributed by atoms with Gasteiger partial charge >= 0.3 is 0 Å². The van der Waals surface area contributed by atoms with E-state index < -0.39 is 0 Å². The van der Waals surface area contributed by atoms with E-state index in [4.69, 9.17) is 16.3 Å². The van der Waals surface area contributed by atoms with E-state index in [0.717, 1.165) is 16.9 Å². The number of halogens is 1. The highest BCUT2D eigenvalue weighted by Gasteiger charge is 2.25. The van der Waals surface area contributed by atoms with Crippen molar-refractivity contribution in [3.8, 4) is 5.75 Å². The molecule has 5 nitrogen and oxygen atoms in total. The Labute approximate surface area is 202 Å². The van der Waals surface area contributed by atoms with Crippen LogP contribution in [0.15, 0.2) is 109 Å².